The van der Waals surface area contributed by atoms with Gasteiger partial charge in [0, 0.05) is 5.56 Å². The molecule has 0 aliphatic heterocycles. The van der Waals surface area contributed by atoms with E-state index in [1.54, 1.807) is 56.3 Å². The molecule has 4 N–H and O–H groups in total. The molecule has 2 aromatic heterocycles. The number of nitrogens with zero attached hydrogens (tertiary/aromatic N) is 3. The number of sulfone groups is 1. The lowest BCUT2D eigenvalue weighted by Gasteiger charge is -2.08. The Morgan fingerprint density at radius 3 is 2.32 bits per heavy atom. The molecule has 0 unspecified atom stereocenters. The van der Waals surface area contributed by atoms with Crippen molar-refractivity contribution in [3.8, 4) is 23.1 Å². The Morgan fingerprint density at radius 1 is 0.964 bits per heavy atom. The molecule has 0 saturated carbocycles. The average Bonchev–Trinajstić information content (AvgIpc) is 2.67. The van der Waals surface area contributed by atoms with Gasteiger partial charge in [0.2, 0.25) is 0 Å². The lowest BCUT2D eigenvalue weighted by atomic mass is 10.1. The normalized spacial score (nSPS) is 11.1. The Hall–Kier alpha value is -3.44. The van der Waals surface area contributed by atoms with Crippen molar-refractivity contribution < 1.29 is 8.42 Å². The van der Waals surface area contributed by atoms with Crippen LogP contribution in [0.5, 0.6) is 0 Å². The molecule has 0 aliphatic rings. The third-order valence-corrected chi connectivity index (χ3v) is 6.15. The molecule has 3 aromatic rings. The molecule has 0 radical (unpaired) electrons. The van der Waals surface area contributed by atoms with Crippen LogP contribution in [0.4, 0.5) is 11.6 Å². The number of aromatic nitrogens is 3. The third-order valence-electron chi connectivity index (χ3n) is 3.98. The molecule has 142 valence electrons. The van der Waals surface area contributed by atoms with E-state index in [1.165, 1.54) is 6.20 Å². The van der Waals surface area contributed by atoms with Crippen molar-refractivity contribution in [3.63, 3.8) is 0 Å². The smallest absolute Gasteiger partial charge is 0.180 e. The molecule has 0 saturated heterocycles. The first-order valence-corrected chi connectivity index (χ1v) is 10.0. The fourth-order valence-electron chi connectivity index (χ4n) is 2.36. The summed E-state index contributed by atoms with van der Waals surface area (Å²) in [7, 11) is -3.33. The van der Waals surface area contributed by atoms with Gasteiger partial charge >= 0.3 is 0 Å². The zero-order valence-electron chi connectivity index (χ0n) is 15.4. The Bertz CT molecular complexity index is 1180. The van der Waals surface area contributed by atoms with Crippen LogP contribution >= 0.6 is 0 Å². The molecule has 0 bridgehead atoms. The minimum atomic E-state index is -3.33. The van der Waals surface area contributed by atoms with Gasteiger partial charge in [0.15, 0.2) is 21.3 Å². The van der Waals surface area contributed by atoms with E-state index in [0.29, 0.717) is 28.5 Å². The second-order valence-corrected chi connectivity index (χ2v) is 8.81. The fraction of sp³-hybridized carbons (Fsp3) is 0.150. The molecule has 0 atom stereocenters. The summed E-state index contributed by atoms with van der Waals surface area (Å²) in [5.41, 5.74) is 13.6. The van der Waals surface area contributed by atoms with E-state index >= 15 is 0 Å². The fourth-order valence-corrected chi connectivity index (χ4v) is 3.42. The van der Waals surface area contributed by atoms with Crippen molar-refractivity contribution in [2.45, 2.75) is 24.0 Å². The van der Waals surface area contributed by atoms with E-state index in [1.807, 2.05) is 0 Å². The summed E-state index contributed by atoms with van der Waals surface area (Å²) in [5, 5.41) is -0.489. The van der Waals surface area contributed by atoms with Gasteiger partial charge in [-0.3, -0.25) is 0 Å². The first-order valence-electron chi connectivity index (χ1n) is 8.49. The van der Waals surface area contributed by atoms with Gasteiger partial charge in [-0.05, 0) is 50.0 Å². The van der Waals surface area contributed by atoms with Crippen LogP contribution in [0, 0.1) is 11.8 Å². The largest absolute Gasteiger partial charge is 0.384 e. The predicted octanol–water partition coefficient (Wildman–Crippen LogP) is 2.28. The van der Waals surface area contributed by atoms with Crippen molar-refractivity contribution in [2.24, 2.45) is 0 Å². The van der Waals surface area contributed by atoms with E-state index in [0.717, 1.165) is 0 Å². The number of hydrogen-bond acceptors (Lipinski definition) is 7. The Balaban J connectivity index is 1.94. The number of hydrogen-bond donors (Lipinski definition) is 2. The first kappa shape index (κ1) is 19.3. The number of nitrogens with two attached hydrogens (primary N) is 2. The third kappa shape index (κ3) is 4.10. The molecule has 0 fully saturated rings. The van der Waals surface area contributed by atoms with Crippen LogP contribution in [0.25, 0.3) is 11.3 Å². The Kier molecular flexibility index (Phi) is 5.29. The Labute approximate surface area is 163 Å². The summed E-state index contributed by atoms with van der Waals surface area (Å²) >= 11 is 0. The van der Waals surface area contributed by atoms with Gasteiger partial charge in [0.1, 0.15) is 11.5 Å². The van der Waals surface area contributed by atoms with Crippen LogP contribution in [0.15, 0.2) is 53.6 Å². The van der Waals surface area contributed by atoms with Crippen LogP contribution < -0.4 is 11.5 Å². The van der Waals surface area contributed by atoms with Crippen molar-refractivity contribution in [1.82, 2.24) is 15.0 Å². The highest BCUT2D eigenvalue weighted by Gasteiger charge is 2.19. The quantitative estimate of drug-likeness (QED) is 0.654. The van der Waals surface area contributed by atoms with E-state index in [-0.39, 0.29) is 10.7 Å². The number of pyridine rings is 1. The molecule has 7 nitrogen and oxygen atoms in total. The van der Waals surface area contributed by atoms with Gasteiger partial charge in [0.05, 0.1) is 22.0 Å². The first-order chi connectivity index (χ1) is 13.3. The summed E-state index contributed by atoms with van der Waals surface area (Å²) in [6, 6.07) is 11.6. The van der Waals surface area contributed by atoms with E-state index in [4.69, 9.17) is 11.5 Å². The molecule has 0 spiro atoms. The highest BCUT2D eigenvalue weighted by molar-refractivity contribution is 7.92. The molecule has 28 heavy (non-hydrogen) atoms. The highest BCUT2D eigenvalue weighted by atomic mass is 32.2. The van der Waals surface area contributed by atoms with Gasteiger partial charge in [-0.1, -0.05) is 18.2 Å². The van der Waals surface area contributed by atoms with Crippen molar-refractivity contribution in [2.75, 3.05) is 11.5 Å². The van der Waals surface area contributed by atoms with Gasteiger partial charge in [-0.25, -0.2) is 23.4 Å². The maximum Gasteiger partial charge on any atom is 0.180 e. The monoisotopic (exact) mass is 393 g/mol. The highest BCUT2D eigenvalue weighted by Crippen LogP contribution is 2.22. The van der Waals surface area contributed by atoms with E-state index < -0.39 is 15.1 Å². The molecule has 8 heteroatoms. The number of benzene rings is 1. The van der Waals surface area contributed by atoms with Crippen LogP contribution in [-0.2, 0) is 9.84 Å². The minimum absolute atomic E-state index is 0.194. The van der Waals surface area contributed by atoms with Gasteiger partial charge in [-0.2, -0.15) is 0 Å². The molecule has 0 amide bonds. The van der Waals surface area contributed by atoms with Crippen molar-refractivity contribution >= 4 is 21.5 Å². The number of nitrogen functional groups attached to an aromatic ring is 2. The topological polar surface area (TPSA) is 125 Å². The Morgan fingerprint density at radius 2 is 1.68 bits per heavy atom. The summed E-state index contributed by atoms with van der Waals surface area (Å²) in [6.07, 6.45) is 1.52. The number of anilines is 2. The lowest BCUT2D eigenvalue weighted by molar-refractivity contribution is 0.587. The molecular formula is C20H19N5O2S. The van der Waals surface area contributed by atoms with Crippen LogP contribution in [0.2, 0.25) is 0 Å². The van der Waals surface area contributed by atoms with Gasteiger partial charge in [0.25, 0.3) is 0 Å². The van der Waals surface area contributed by atoms with Crippen molar-refractivity contribution in [1.29, 1.82) is 0 Å². The second kappa shape index (κ2) is 7.66. The summed E-state index contributed by atoms with van der Waals surface area (Å²) in [5.74, 6) is 6.28. The van der Waals surface area contributed by atoms with E-state index in [2.05, 4.69) is 26.8 Å². The zero-order valence-corrected chi connectivity index (χ0v) is 16.2. The SMILES string of the molecule is CC(C)S(=O)(=O)c1ccc(-c2cnc(N)c(C#Cc3cccc(N)n3)n2)cc1. The molecular weight excluding hydrogens is 374 g/mol. The van der Waals surface area contributed by atoms with Crippen LogP contribution in [0.3, 0.4) is 0 Å². The molecule has 0 aliphatic carbocycles. The lowest BCUT2D eigenvalue weighted by Crippen LogP contribution is -2.13. The predicted molar refractivity (Wildman–Crippen MR) is 109 cm³/mol. The van der Waals surface area contributed by atoms with E-state index in [9.17, 15) is 8.42 Å². The average molecular weight is 393 g/mol. The maximum absolute atomic E-state index is 12.2. The second-order valence-electron chi connectivity index (χ2n) is 6.30. The maximum atomic E-state index is 12.2. The summed E-state index contributed by atoms with van der Waals surface area (Å²) < 4.78 is 24.5. The molecule has 3 rings (SSSR count). The zero-order chi connectivity index (χ0) is 20.3. The van der Waals surface area contributed by atoms with Crippen molar-refractivity contribution in [3.05, 3.63) is 60.0 Å². The summed E-state index contributed by atoms with van der Waals surface area (Å²) in [4.78, 5) is 12.9. The van der Waals surface area contributed by atoms with Gasteiger partial charge in [-0.15, -0.1) is 0 Å². The van der Waals surface area contributed by atoms with Gasteiger partial charge < -0.3 is 11.5 Å². The van der Waals surface area contributed by atoms with Crippen LogP contribution in [0.1, 0.15) is 25.2 Å². The summed E-state index contributed by atoms with van der Waals surface area (Å²) in [6.45, 7) is 3.30. The standard InChI is InChI=1S/C20H19N5O2S/c1-13(2)28(26,27)16-9-6-14(7-10-16)18-12-23-20(22)17(25-18)11-8-15-4-3-5-19(21)24-15/h3-7,9-10,12-13H,1-2H3,(H2,21,24)(H2,22,23). The molecule has 2 heterocycles. The number of rotatable bonds is 3. The molecule has 1 aromatic carbocycles. The van der Waals surface area contributed by atoms with Crippen LogP contribution in [-0.4, -0.2) is 28.6 Å². The minimum Gasteiger partial charge on any atom is -0.384 e.